The van der Waals surface area contributed by atoms with Crippen molar-refractivity contribution in [2.45, 2.75) is 6.54 Å². The monoisotopic (exact) mass is 339 g/mol. The Morgan fingerprint density at radius 1 is 1.32 bits per heavy atom. The first-order valence-corrected chi connectivity index (χ1v) is 6.72. The van der Waals surface area contributed by atoms with Crippen LogP contribution in [0, 0.1) is 0 Å². The topological polar surface area (TPSA) is 54.0 Å². The van der Waals surface area contributed by atoms with Gasteiger partial charge in [0.05, 0.1) is 0 Å². The van der Waals surface area contributed by atoms with Crippen LogP contribution >= 0.6 is 27.5 Å². The van der Waals surface area contributed by atoms with E-state index in [0.717, 1.165) is 10.0 Å². The van der Waals surface area contributed by atoms with Crippen LogP contribution in [0.25, 0.3) is 0 Å². The van der Waals surface area contributed by atoms with Crippen LogP contribution in [-0.4, -0.2) is 11.0 Å². The second kappa shape index (κ2) is 6.54. The second-order valence-corrected chi connectivity index (χ2v) is 5.05. The number of rotatable bonds is 3. The van der Waals surface area contributed by atoms with Gasteiger partial charge in [-0.1, -0.05) is 45.7 Å². The summed E-state index contributed by atoms with van der Waals surface area (Å²) in [7, 11) is 0. The fraction of sp³-hybridized carbons (Fsp3) is 0.0769. The standard InChI is InChI=1S/C13H11BrClN3O/c14-11-4-2-1-3-9(11)8-17-13(19)18-12-7-10(15)5-6-16-12/h1-7H,8H2,(H2,16,17,18,19). The fourth-order valence-electron chi connectivity index (χ4n) is 1.45. The molecule has 6 heteroatoms. The third kappa shape index (κ3) is 4.22. The van der Waals surface area contributed by atoms with Gasteiger partial charge in [0.2, 0.25) is 0 Å². The van der Waals surface area contributed by atoms with Crippen LogP contribution in [0.3, 0.4) is 0 Å². The molecule has 4 nitrogen and oxygen atoms in total. The molecule has 0 aliphatic heterocycles. The Labute approximate surface area is 124 Å². The molecule has 0 bridgehead atoms. The van der Waals surface area contributed by atoms with Gasteiger partial charge in [0.25, 0.3) is 0 Å². The molecule has 0 saturated heterocycles. The Morgan fingerprint density at radius 3 is 2.84 bits per heavy atom. The summed E-state index contributed by atoms with van der Waals surface area (Å²) in [6.07, 6.45) is 1.53. The maximum Gasteiger partial charge on any atom is 0.320 e. The third-order valence-corrected chi connectivity index (χ3v) is 3.37. The van der Waals surface area contributed by atoms with Crippen molar-refractivity contribution < 1.29 is 4.79 Å². The molecule has 2 rings (SSSR count). The molecule has 0 aliphatic carbocycles. The first-order valence-electron chi connectivity index (χ1n) is 5.55. The highest BCUT2D eigenvalue weighted by Crippen LogP contribution is 2.15. The highest BCUT2D eigenvalue weighted by Gasteiger charge is 2.04. The van der Waals surface area contributed by atoms with E-state index in [1.165, 1.54) is 6.20 Å². The molecular weight excluding hydrogens is 330 g/mol. The number of halogens is 2. The molecule has 0 fully saturated rings. The molecule has 2 aromatic rings. The molecule has 98 valence electrons. The van der Waals surface area contributed by atoms with Crippen LogP contribution in [0.5, 0.6) is 0 Å². The first kappa shape index (κ1) is 13.8. The number of carbonyl (C=O) groups excluding carboxylic acids is 1. The normalized spacial score (nSPS) is 10.0. The van der Waals surface area contributed by atoms with Gasteiger partial charge >= 0.3 is 6.03 Å². The number of pyridine rings is 1. The summed E-state index contributed by atoms with van der Waals surface area (Å²) in [6.45, 7) is 0.424. The Morgan fingerprint density at radius 2 is 2.11 bits per heavy atom. The lowest BCUT2D eigenvalue weighted by Gasteiger charge is -2.08. The molecule has 2 N–H and O–H groups in total. The van der Waals surface area contributed by atoms with Crippen molar-refractivity contribution in [2.75, 3.05) is 5.32 Å². The van der Waals surface area contributed by atoms with Gasteiger partial charge in [0.1, 0.15) is 5.82 Å². The van der Waals surface area contributed by atoms with Crippen LogP contribution in [0.15, 0.2) is 47.1 Å². The molecular formula is C13H11BrClN3O. The average Bonchev–Trinajstić information content (AvgIpc) is 2.38. The molecule has 1 aromatic carbocycles. The van der Waals surface area contributed by atoms with Crippen molar-refractivity contribution in [3.05, 3.63) is 57.7 Å². The highest BCUT2D eigenvalue weighted by atomic mass is 79.9. The number of hydrogen-bond acceptors (Lipinski definition) is 2. The van der Waals surface area contributed by atoms with Crippen LogP contribution in [-0.2, 0) is 6.54 Å². The smallest absolute Gasteiger partial charge is 0.320 e. The van der Waals surface area contributed by atoms with Gasteiger partial charge in [0, 0.05) is 22.2 Å². The van der Waals surface area contributed by atoms with Gasteiger partial charge in [-0.2, -0.15) is 0 Å². The minimum atomic E-state index is -0.328. The third-order valence-electron chi connectivity index (χ3n) is 2.36. The molecule has 1 heterocycles. The van der Waals surface area contributed by atoms with Crippen molar-refractivity contribution in [2.24, 2.45) is 0 Å². The van der Waals surface area contributed by atoms with Gasteiger partial charge in [-0.05, 0) is 23.8 Å². The Bertz CT molecular complexity index is 592. The van der Waals surface area contributed by atoms with Crippen molar-refractivity contribution in [1.29, 1.82) is 0 Å². The predicted molar refractivity (Wildman–Crippen MR) is 79.2 cm³/mol. The zero-order valence-corrected chi connectivity index (χ0v) is 12.2. The Kier molecular flexibility index (Phi) is 4.76. The minimum Gasteiger partial charge on any atom is -0.334 e. The summed E-state index contributed by atoms with van der Waals surface area (Å²) in [6, 6.07) is 10.6. The number of anilines is 1. The zero-order valence-electron chi connectivity index (χ0n) is 9.86. The van der Waals surface area contributed by atoms with E-state index in [-0.39, 0.29) is 6.03 Å². The lowest BCUT2D eigenvalue weighted by Crippen LogP contribution is -2.28. The molecule has 0 atom stereocenters. The number of nitrogens with one attached hydrogen (secondary N) is 2. The van der Waals surface area contributed by atoms with Crippen LogP contribution in [0.2, 0.25) is 5.02 Å². The van der Waals surface area contributed by atoms with Crippen molar-refractivity contribution >= 4 is 39.4 Å². The second-order valence-electron chi connectivity index (χ2n) is 3.76. The van der Waals surface area contributed by atoms with Crippen LogP contribution < -0.4 is 10.6 Å². The van der Waals surface area contributed by atoms with Crippen LogP contribution in [0.1, 0.15) is 5.56 Å². The number of amides is 2. The molecule has 0 spiro atoms. The van der Waals surface area contributed by atoms with Gasteiger partial charge in [0.15, 0.2) is 0 Å². The first-order chi connectivity index (χ1) is 9.15. The van der Waals surface area contributed by atoms with E-state index in [4.69, 9.17) is 11.6 Å². The summed E-state index contributed by atoms with van der Waals surface area (Å²) < 4.78 is 0.955. The van der Waals surface area contributed by atoms with E-state index in [0.29, 0.717) is 17.4 Å². The predicted octanol–water partition coefficient (Wildman–Crippen LogP) is 3.82. The lowest BCUT2D eigenvalue weighted by molar-refractivity contribution is 0.251. The SMILES string of the molecule is O=C(NCc1ccccc1Br)Nc1cc(Cl)ccn1. The van der Waals surface area contributed by atoms with Gasteiger partial charge in [-0.3, -0.25) is 5.32 Å². The molecule has 1 aromatic heterocycles. The molecule has 2 amide bonds. The zero-order chi connectivity index (χ0) is 13.7. The number of benzene rings is 1. The maximum atomic E-state index is 11.7. The summed E-state index contributed by atoms with van der Waals surface area (Å²) >= 11 is 9.23. The summed E-state index contributed by atoms with van der Waals surface area (Å²) in [4.78, 5) is 15.7. The summed E-state index contributed by atoms with van der Waals surface area (Å²) in [5.74, 6) is 0.414. The van der Waals surface area contributed by atoms with Crippen molar-refractivity contribution in [3.8, 4) is 0 Å². The van der Waals surface area contributed by atoms with E-state index < -0.39 is 0 Å². The Balaban J connectivity index is 1.90. The number of aromatic nitrogens is 1. The van der Waals surface area contributed by atoms with Crippen molar-refractivity contribution in [3.63, 3.8) is 0 Å². The summed E-state index contributed by atoms with van der Waals surface area (Å²) in [5, 5.41) is 5.88. The molecule has 19 heavy (non-hydrogen) atoms. The Hall–Kier alpha value is -1.59. The van der Waals surface area contributed by atoms with E-state index in [1.807, 2.05) is 24.3 Å². The van der Waals surface area contributed by atoms with Gasteiger partial charge < -0.3 is 5.32 Å². The molecule has 0 unspecified atom stereocenters. The summed E-state index contributed by atoms with van der Waals surface area (Å²) in [5.41, 5.74) is 0.997. The van der Waals surface area contributed by atoms with Crippen molar-refractivity contribution in [1.82, 2.24) is 10.3 Å². The van der Waals surface area contributed by atoms with Gasteiger partial charge in [-0.25, -0.2) is 9.78 Å². The molecule has 0 aliphatic rings. The van der Waals surface area contributed by atoms with Gasteiger partial charge in [-0.15, -0.1) is 0 Å². The van der Waals surface area contributed by atoms with Crippen LogP contribution in [0.4, 0.5) is 10.6 Å². The number of nitrogens with zero attached hydrogens (tertiary/aromatic N) is 1. The van der Waals surface area contributed by atoms with E-state index >= 15 is 0 Å². The number of hydrogen-bond donors (Lipinski definition) is 2. The molecule has 0 radical (unpaired) electrons. The van der Waals surface area contributed by atoms with E-state index in [1.54, 1.807) is 12.1 Å². The number of carbonyl (C=O) groups is 1. The fourth-order valence-corrected chi connectivity index (χ4v) is 2.04. The number of urea groups is 1. The largest absolute Gasteiger partial charge is 0.334 e. The minimum absolute atomic E-state index is 0.328. The van der Waals surface area contributed by atoms with E-state index in [9.17, 15) is 4.79 Å². The quantitative estimate of drug-likeness (QED) is 0.892. The maximum absolute atomic E-state index is 11.7. The highest BCUT2D eigenvalue weighted by molar-refractivity contribution is 9.10. The lowest BCUT2D eigenvalue weighted by atomic mass is 10.2. The average molecular weight is 341 g/mol. The molecule has 0 saturated carbocycles. The van der Waals surface area contributed by atoms with E-state index in [2.05, 4.69) is 31.5 Å².